The smallest absolute Gasteiger partial charge is 0.0931 e. The summed E-state index contributed by atoms with van der Waals surface area (Å²) in [6.07, 6.45) is 3.28. The van der Waals surface area contributed by atoms with Crippen LogP contribution < -0.4 is 5.73 Å². The molecule has 4 heteroatoms. The number of rotatable bonds is 7. The van der Waals surface area contributed by atoms with E-state index in [1.807, 2.05) is 6.07 Å². The normalized spacial score (nSPS) is 15.3. The summed E-state index contributed by atoms with van der Waals surface area (Å²) in [6.45, 7) is 6.62. The molecule has 0 aromatic carbocycles. The van der Waals surface area contributed by atoms with Gasteiger partial charge in [-0.2, -0.15) is 0 Å². The second-order valence-electron chi connectivity index (χ2n) is 4.79. The summed E-state index contributed by atoms with van der Waals surface area (Å²) in [4.78, 5) is 3.71. The van der Waals surface area contributed by atoms with Crippen LogP contribution in [-0.4, -0.2) is 24.0 Å². The van der Waals surface area contributed by atoms with Crippen molar-refractivity contribution >= 4 is 22.9 Å². The van der Waals surface area contributed by atoms with Crippen molar-refractivity contribution in [2.75, 3.05) is 7.05 Å². The molecule has 0 fully saturated rings. The number of likely N-dealkylation sites (N-methyl/N-ethyl adjacent to an activating group) is 1. The van der Waals surface area contributed by atoms with Crippen molar-refractivity contribution in [2.45, 2.75) is 58.2 Å². The zero-order valence-electron chi connectivity index (χ0n) is 11.8. The van der Waals surface area contributed by atoms with Gasteiger partial charge in [-0.1, -0.05) is 32.4 Å². The Morgan fingerprint density at radius 1 is 1.22 bits per heavy atom. The predicted molar refractivity (Wildman–Crippen MR) is 82.5 cm³/mol. The van der Waals surface area contributed by atoms with Gasteiger partial charge in [0.1, 0.15) is 0 Å². The van der Waals surface area contributed by atoms with Crippen LogP contribution in [0.3, 0.4) is 0 Å². The van der Waals surface area contributed by atoms with E-state index in [1.165, 1.54) is 4.88 Å². The summed E-state index contributed by atoms with van der Waals surface area (Å²) in [5, 5.41) is 0. The summed E-state index contributed by atoms with van der Waals surface area (Å²) < 4.78 is 0.844. The lowest BCUT2D eigenvalue weighted by atomic mass is 10.00. The van der Waals surface area contributed by atoms with Crippen LogP contribution in [0.2, 0.25) is 4.34 Å². The summed E-state index contributed by atoms with van der Waals surface area (Å²) in [6, 6.07) is 5.10. The highest BCUT2D eigenvalue weighted by Crippen LogP contribution is 2.34. The maximum Gasteiger partial charge on any atom is 0.0931 e. The standard InChI is InChI=1S/C14H25ClN2S/c1-5-10(6-2)17(4)14(11(16)7-3)12-8-9-13(15)18-12/h8-11,14H,5-7,16H2,1-4H3. The van der Waals surface area contributed by atoms with Gasteiger partial charge in [0.2, 0.25) is 0 Å². The number of hydrogen-bond donors (Lipinski definition) is 1. The average Bonchev–Trinajstić information content (AvgIpc) is 2.77. The minimum absolute atomic E-state index is 0.158. The number of hydrogen-bond acceptors (Lipinski definition) is 3. The van der Waals surface area contributed by atoms with Crippen LogP contribution in [0.5, 0.6) is 0 Å². The lowest BCUT2D eigenvalue weighted by Crippen LogP contribution is -2.43. The van der Waals surface area contributed by atoms with E-state index in [1.54, 1.807) is 11.3 Å². The molecule has 2 atom stereocenters. The quantitative estimate of drug-likeness (QED) is 0.810. The van der Waals surface area contributed by atoms with Crippen LogP contribution in [0.25, 0.3) is 0 Å². The van der Waals surface area contributed by atoms with Crippen molar-refractivity contribution in [3.05, 3.63) is 21.3 Å². The van der Waals surface area contributed by atoms with Crippen LogP contribution in [0.15, 0.2) is 12.1 Å². The molecule has 2 nitrogen and oxygen atoms in total. The van der Waals surface area contributed by atoms with E-state index in [9.17, 15) is 0 Å². The first-order valence-electron chi connectivity index (χ1n) is 6.77. The van der Waals surface area contributed by atoms with Gasteiger partial charge in [-0.05, 0) is 38.4 Å². The Bertz CT molecular complexity index is 349. The van der Waals surface area contributed by atoms with E-state index < -0.39 is 0 Å². The molecule has 18 heavy (non-hydrogen) atoms. The van der Waals surface area contributed by atoms with Gasteiger partial charge in [-0.15, -0.1) is 11.3 Å². The highest BCUT2D eigenvalue weighted by atomic mass is 35.5. The van der Waals surface area contributed by atoms with Crippen LogP contribution >= 0.6 is 22.9 Å². The summed E-state index contributed by atoms with van der Waals surface area (Å²) in [7, 11) is 2.19. The fourth-order valence-electron chi connectivity index (χ4n) is 2.52. The molecule has 104 valence electrons. The fraction of sp³-hybridized carbons (Fsp3) is 0.714. The Kier molecular flexibility index (Phi) is 6.64. The van der Waals surface area contributed by atoms with Gasteiger partial charge in [-0.25, -0.2) is 0 Å². The Hall–Kier alpha value is -0.0900. The zero-order chi connectivity index (χ0) is 13.7. The van der Waals surface area contributed by atoms with Gasteiger partial charge < -0.3 is 5.73 Å². The third-order valence-electron chi connectivity index (χ3n) is 3.72. The van der Waals surface area contributed by atoms with Gasteiger partial charge >= 0.3 is 0 Å². The minimum Gasteiger partial charge on any atom is -0.326 e. The van der Waals surface area contributed by atoms with Gasteiger partial charge in [0, 0.05) is 17.0 Å². The number of thiophene rings is 1. The van der Waals surface area contributed by atoms with E-state index in [0.717, 1.165) is 23.6 Å². The van der Waals surface area contributed by atoms with Crippen LogP contribution in [0, 0.1) is 0 Å². The average molecular weight is 289 g/mol. The molecule has 0 radical (unpaired) electrons. The van der Waals surface area contributed by atoms with E-state index in [2.05, 4.69) is 38.8 Å². The predicted octanol–water partition coefficient (Wildman–Crippen LogP) is 4.30. The molecule has 2 N–H and O–H groups in total. The Morgan fingerprint density at radius 2 is 1.83 bits per heavy atom. The Morgan fingerprint density at radius 3 is 2.22 bits per heavy atom. The first kappa shape index (κ1) is 16.0. The van der Waals surface area contributed by atoms with Crippen molar-refractivity contribution in [3.8, 4) is 0 Å². The fourth-order valence-corrected chi connectivity index (χ4v) is 3.81. The molecule has 0 spiro atoms. The molecular weight excluding hydrogens is 264 g/mol. The lowest BCUT2D eigenvalue weighted by Gasteiger charge is -2.37. The van der Waals surface area contributed by atoms with Gasteiger partial charge in [0.15, 0.2) is 0 Å². The Labute approximate surface area is 120 Å². The molecule has 0 aliphatic rings. The topological polar surface area (TPSA) is 29.3 Å². The highest BCUT2D eigenvalue weighted by Gasteiger charge is 2.28. The molecule has 2 unspecified atom stereocenters. The number of halogens is 1. The van der Waals surface area contributed by atoms with Crippen molar-refractivity contribution in [3.63, 3.8) is 0 Å². The molecule has 0 bridgehead atoms. The second-order valence-corrected chi connectivity index (χ2v) is 6.54. The molecule has 1 aromatic heterocycles. The van der Waals surface area contributed by atoms with E-state index in [0.29, 0.717) is 6.04 Å². The molecule has 0 aliphatic carbocycles. The molecule has 0 aliphatic heterocycles. The van der Waals surface area contributed by atoms with E-state index in [4.69, 9.17) is 17.3 Å². The molecule has 0 saturated carbocycles. The largest absolute Gasteiger partial charge is 0.326 e. The molecule has 0 saturated heterocycles. The van der Waals surface area contributed by atoms with Crippen molar-refractivity contribution < 1.29 is 0 Å². The van der Waals surface area contributed by atoms with Gasteiger partial charge in [0.05, 0.1) is 10.4 Å². The van der Waals surface area contributed by atoms with Crippen molar-refractivity contribution in [2.24, 2.45) is 5.73 Å². The lowest BCUT2D eigenvalue weighted by molar-refractivity contribution is 0.143. The summed E-state index contributed by atoms with van der Waals surface area (Å²) in [5.74, 6) is 0. The van der Waals surface area contributed by atoms with Crippen LogP contribution in [0.1, 0.15) is 51.0 Å². The number of nitrogens with zero attached hydrogens (tertiary/aromatic N) is 1. The second kappa shape index (κ2) is 7.49. The van der Waals surface area contributed by atoms with Crippen LogP contribution in [-0.2, 0) is 0 Å². The maximum atomic E-state index is 6.33. The molecular formula is C14H25ClN2S. The monoisotopic (exact) mass is 288 g/mol. The third-order valence-corrected chi connectivity index (χ3v) is 5.02. The maximum absolute atomic E-state index is 6.33. The highest BCUT2D eigenvalue weighted by molar-refractivity contribution is 7.16. The summed E-state index contributed by atoms with van der Waals surface area (Å²) in [5.41, 5.74) is 6.33. The zero-order valence-corrected chi connectivity index (χ0v) is 13.4. The third kappa shape index (κ3) is 3.70. The SMILES string of the molecule is CCC(N)C(c1ccc(Cl)s1)N(C)C(CC)CC. The molecule has 1 rings (SSSR count). The molecule has 0 amide bonds. The van der Waals surface area contributed by atoms with Gasteiger partial charge in [-0.3, -0.25) is 4.90 Å². The van der Waals surface area contributed by atoms with Crippen molar-refractivity contribution in [1.82, 2.24) is 4.90 Å². The minimum atomic E-state index is 0.158. The molecule has 1 heterocycles. The summed E-state index contributed by atoms with van der Waals surface area (Å²) >= 11 is 7.71. The number of nitrogens with two attached hydrogens (primary N) is 1. The first-order valence-corrected chi connectivity index (χ1v) is 7.97. The van der Waals surface area contributed by atoms with E-state index >= 15 is 0 Å². The van der Waals surface area contributed by atoms with E-state index in [-0.39, 0.29) is 12.1 Å². The first-order chi connectivity index (χ1) is 8.54. The van der Waals surface area contributed by atoms with Crippen LogP contribution in [0.4, 0.5) is 0 Å². The Balaban J connectivity index is 2.98. The van der Waals surface area contributed by atoms with Crippen molar-refractivity contribution in [1.29, 1.82) is 0 Å². The molecule has 1 aromatic rings. The van der Waals surface area contributed by atoms with Gasteiger partial charge in [0.25, 0.3) is 0 Å².